The summed E-state index contributed by atoms with van der Waals surface area (Å²) >= 11 is 0. The minimum atomic E-state index is -4.07. The Morgan fingerprint density at radius 1 is 1.09 bits per heavy atom. The number of carbonyl (C=O) groups is 1. The van der Waals surface area contributed by atoms with Crippen molar-refractivity contribution in [2.45, 2.75) is 9.79 Å². The summed E-state index contributed by atoms with van der Waals surface area (Å²) in [6.07, 6.45) is 4.41. The first-order valence-corrected chi connectivity index (χ1v) is 11.0. The number of benzene rings is 2. The Bertz CT molecular complexity index is 1380. The first-order valence-electron chi connectivity index (χ1n) is 9.53. The van der Waals surface area contributed by atoms with Gasteiger partial charge in [0.05, 0.1) is 20.9 Å². The quantitative estimate of drug-likeness (QED) is 0.442. The van der Waals surface area contributed by atoms with Gasteiger partial charge in [-0.25, -0.2) is 13.6 Å². The van der Waals surface area contributed by atoms with Gasteiger partial charge in [-0.3, -0.25) is 4.79 Å². The van der Waals surface area contributed by atoms with Gasteiger partial charge in [0.25, 0.3) is 5.91 Å². The number of hydrogen-bond acceptors (Lipinski definition) is 6. The van der Waals surface area contributed by atoms with Crippen LogP contribution in [-0.4, -0.2) is 27.1 Å². The summed E-state index contributed by atoms with van der Waals surface area (Å²) < 4.78 is 27.1. The van der Waals surface area contributed by atoms with Crippen molar-refractivity contribution in [3.05, 3.63) is 100 Å². The summed E-state index contributed by atoms with van der Waals surface area (Å²) in [6, 6.07) is 14.9. The molecule has 9 nitrogen and oxygen atoms in total. The van der Waals surface area contributed by atoms with Crippen molar-refractivity contribution in [3.63, 3.8) is 0 Å². The first kappa shape index (κ1) is 21.4. The molecule has 2 aromatic carbocycles. The fraction of sp³-hybridized carbons (Fsp3) is 0.0455. The molecule has 32 heavy (non-hydrogen) atoms. The van der Waals surface area contributed by atoms with Gasteiger partial charge in [0.2, 0.25) is 15.5 Å². The molecular formula is C22H18N4O5S. The van der Waals surface area contributed by atoms with E-state index in [1.165, 1.54) is 61.8 Å². The number of aromatic nitrogens is 1. The molecule has 3 aromatic rings. The highest BCUT2D eigenvalue weighted by molar-refractivity contribution is 7.91. The molecule has 1 atom stereocenters. The molecule has 0 saturated heterocycles. The lowest BCUT2D eigenvalue weighted by Crippen LogP contribution is -2.95. The number of nitrogens with one attached hydrogen (secondary N) is 2. The second-order valence-corrected chi connectivity index (χ2v) is 8.79. The number of sulfone groups is 1. The van der Waals surface area contributed by atoms with Gasteiger partial charge >= 0.3 is 0 Å². The minimum absolute atomic E-state index is 0.00970. The number of fused-ring (bicyclic) bond motifs is 1. The van der Waals surface area contributed by atoms with Gasteiger partial charge in [-0.15, -0.1) is 0 Å². The summed E-state index contributed by atoms with van der Waals surface area (Å²) in [5.74, 6) is -0.534. The maximum Gasteiger partial charge on any atom is 0.252 e. The van der Waals surface area contributed by atoms with Crippen LogP contribution in [0.4, 0.5) is 5.69 Å². The highest BCUT2D eigenvalue weighted by Gasteiger charge is 2.29. The number of quaternary nitrogens is 1. The Morgan fingerprint density at radius 2 is 1.84 bits per heavy atom. The Morgan fingerprint density at radius 3 is 2.59 bits per heavy atom. The number of rotatable bonds is 5. The van der Waals surface area contributed by atoms with Gasteiger partial charge in [0, 0.05) is 31.3 Å². The van der Waals surface area contributed by atoms with Gasteiger partial charge in [-0.2, -0.15) is 4.73 Å². The molecule has 162 valence electrons. The summed E-state index contributed by atoms with van der Waals surface area (Å²) in [4.78, 5) is 11.8. The van der Waals surface area contributed by atoms with Crippen LogP contribution in [0.2, 0.25) is 0 Å². The lowest BCUT2D eigenvalue weighted by atomic mass is 10.1. The van der Waals surface area contributed by atoms with Crippen molar-refractivity contribution in [3.8, 4) is 0 Å². The zero-order chi connectivity index (χ0) is 22.9. The van der Waals surface area contributed by atoms with E-state index < -0.39 is 20.9 Å². The van der Waals surface area contributed by atoms with Crippen LogP contribution in [-0.2, 0) is 9.84 Å². The van der Waals surface area contributed by atoms with Crippen molar-refractivity contribution in [2.24, 2.45) is 5.10 Å². The molecule has 0 radical (unpaired) electrons. The Kier molecular flexibility index (Phi) is 5.57. The fourth-order valence-electron chi connectivity index (χ4n) is 3.33. The van der Waals surface area contributed by atoms with Gasteiger partial charge in [-0.05, 0) is 36.4 Å². The molecule has 0 aliphatic carbocycles. The molecule has 0 bridgehead atoms. The zero-order valence-electron chi connectivity index (χ0n) is 16.8. The first-order chi connectivity index (χ1) is 15.3. The molecule has 0 fully saturated rings. The molecule has 0 saturated carbocycles. The fourth-order valence-corrected chi connectivity index (χ4v) is 4.81. The van der Waals surface area contributed by atoms with E-state index in [-0.39, 0.29) is 21.0 Å². The van der Waals surface area contributed by atoms with E-state index in [0.29, 0.717) is 21.7 Å². The summed E-state index contributed by atoms with van der Waals surface area (Å²) in [5, 5.41) is 30.0. The third kappa shape index (κ3) is 3.78. The molecule has 0 spiro atoms. The van der Waals surface area contributed by atoms with E-state index in [0.717, 1.165) is 0 Å². The van der Waals surface area contributed by atoms with Gasteiger partial charge in [-0.1, -0.05) is 17.2 Å². The Hall–Kier alpha value is -3.86. The third-order valence-corrected chi connectivity index (χ3v) is 6.75. The van der Waals surface area contributed by atoms with Crippen LogP contribution < -0.4 is 15.2 Å². The highest BCUT2D eigenvalue weighted by Crippen LogP contribution is 2.28. The average molecular weight is 450 g/mol. The molecule has 10 heteroatoms. The zero-order valence-corrected chi connectivity index (χ0v) is 17.7. The van der Waals surface area contributed by atoms with Crippen LogP contribution in [0.25, 0.3) is 6.08 Å². The maximum atomic E-state index is 13.2. The number of carbonyl (C=O) groups excluding carboxylic acids is 1. The molecule has 1 amide bonds. The number of allylic oxidation sites excluding steroid dienone is 1. The highest BCUT2D eigenvalue weighted by atomic mass is 32.2. The number of hydrogen-bond donors (Lipinski definition) is 2. The van der Waals surface area contributed by atoms with Crippen molar-refractivity contribution in [2.75, 3.05) is 7.05 Å². The maximum absolute atomic E-state index is 13.2. The van der Waals surface area contributed by atoms with Crippen molar-refractivity contribution in [1.82, 2.24) is 5.32 Å². The van der Waals surface area contributed by atoms with E-state index in [2.05, 4.69) is 10.4 Å². The van der Waals surface area contributed by atoms with Crippen molar-refractivity contribution in [1.29, 1.82) is 0 Å². The SMILES string of the molecule is CNC(=O)c1ccccc1S(=O)(=O)c1ccc2c(c1)[NH+]([O-])N=C2/C=C/c1cccc[n+]1[O-]. The van der Waals surface area contributed by atoms with E-state index in [4.69, 9.17) is 0 Å². The normalized spacial score (nSPS) is 15.4. The van der Waals surface area contributed by atoms with Crippen LogP contribution >= 0.6 is 0 Å². The van der Waals surface area contributed by atoms with Crippen LogP contribution in [0.15, 0.2) is 87.8 Å². The van der Waals surface area contributed by atoms with Crippen molar-refractivity contribution >= 4 is 33.2 Å². The molecule has 1 aliphatic heterocycles. The summed E-state index contributed by atoms with van der Waals surface area (Å²) in [7, 11) is -2.66. The molecule has 1 unspecified atom stereocenters. The van der Waals surface area contributed by atoms with Gasteiger partial charge < -0.3 is 15.7 Å². The molecule has 1 aromatic heterocycles. The summed E-state index contributed by atoms with van der Waals surface area (Å²) in [6.45, 7) is 0. The number of amides is 1. The van der Waals surface area contributed by atoms with Crippen LogP contribution in [0.3, 0.4) is 0 Å². The Balaban J connectivity index is 1.71. The topological polar surface area (TPSA) is 130 Å². The van der Waals surface area contributed by atoms with Gasteiger partial charge in [0.15, 0.2) is 11.9 Å². The average Bonchev–Trinajstić information content (AvgIpc) is 3.13. The van der Waals surface area contributed by atoms with E-state index in [1.807, 2.05) is 0 Å². The molecule has 2 heterocycles. The lowest BCUT2D eigenvalue weighted by molar-refractivity contribution is -0.780. The standard InChI is InChI=1S/C22H18N4O5S/c1-23-22(27)18-7-2-3-8-21(18)32(30,31)16-10-11-17-19(24-26(29)20(17)14-16)12-9-15-6-4-5-13-25(15)28/h2-14,26H,1H3,(H,23,27)/b12-9+. The van der Waals surface area contributed by atoms with Crippen LogP contribution in [0, 0.1) is 10.4 Å². The number of nitrogens with zero attached hydrogens (tertiary/aromatic N) is 2. The second kappa shape index (κ2) is 8.35. The third-order valence-electron chi connectivity index (χ3n) is 4.94. The predicted octanol–water partition coefficient (Wildman–Crippen LogP) is 0.958. The second-order valence-electron chi connectivity index (χ2n) is 6.87. The molecule has 1 aliphatic rings. The predicted molar refractivity (Wildman–Crippen MR) is 117 cm³/mol. The van der Waals surface area contributed by atoms with Crippen molar-refractivity contribution < 1.29 is 23.1 Å². The largest absolute Gasteiger partial charge is 0.618 e. The van der Waals surface area contributed by atoms with E-state index in [9.17, 15) is 23.6 Å². The molecule has 2 N–H and O–H groups in total. The molecular weight excluding hydrogens is 432 g/mol. The van der Waals surface area contributed by atoms with Crippen LogP contribution in [0.1, 0.15) is 21.6 Å². The monoisotopic (exact) mass is 450 g/mol. The lowest BCUT2D eigenvalue weighted by Gasteiger charge is -2.13. The molecule has 4 rings (SSSR count). The smallest absolute Gasteiger partial charge is 0.252 e. The number of pyridine rings is 1. The van der Waals surface area contributed by atoms with E-state index in [1.54, 1.807) is 24.3 Å². The van der Waals surface area contributed by atoms with Gasteiger partial charge in [0.1, 0.15) is 5.71 Å². The summed E-state index contributed by atoms with van der Waals surface area (Å²) in [5.41, 5.74) is 1.28. The van der Waals surface area contributed by atoms with E-state index >= 15 is 0 Å². The van der Waals surface area contributed by atoms with Crippen LogP contribution in [0.5, 0.6) is 0 Å². The Labute approximate surface area is 184 Å². The minimum Gasteiger partial charge on any atom is -0.618 e.